The highest BCUT2D eigenvalue weighted by molar-refractivity contribution is 7.18. The van der Waals surface area contributed by atoms with Gasteiger partial charge in [-0.05, 0) is 45.9 Å². The molecule has 2 N–H and O–H groups in total. The van der Waals surface area contributed by atoms with Crippen molar-refractivity contribution in [3.05, 3.63) is 23.2 Å². The quantitative estimate of drug-likeness (QED) is 0.911. The molecule has 0 saturated heterocycles. The Morgan fingerprint density at radius 2 is 2.14 bits per heavy atom. The van der Waals surface area contributed by atoms with Gasteiger partial charge in [0.15, 0.2) is 0 Å². The average molecular weight is 307 g/mol. The number of fused-ring (bicyclic) bond motifs is 1. The van der Waals surface area contributed by atoms with Gasteiger partial charge in [0.1, 0.15) is 0 Å². The number of carbonyl (C=O) groups is 1. The van der Waals surface area contributed by atoms with E-state index >= 15 is 0 Å². The number of amides is 2. The van der Waals surface area contributed by atoms with Crippen molar-refractivity contribution < 1.29 is 9.90 Å². The Morgan fingerprint density at radius 3 is 2.76 bits per heavy atom. The monoisotopic (exact) mass is 307 g/mol. The van der Waals surface area contributed by atoms with Crippen LogP contribution in [0, 0.1) is 6.92 Å². The van der Waals surface area contributed by atoms with Crippen LogP contribution in [0.3, 0.4) is 0 Å². The van der Waals surface area contributed by atoms with Crippen LogP contribution in [-0.4, -0.2) is 39.7 Å². The number of nitrogens with zero attached hydrogens (tertiary/aromatic N) is 2. The summed E-state index contributed by atoms with van der Waals surface area (Å²) >= 11 is 1.60. The van der Waals surface area contributed by atoms with E-state index in [-0.39, 0.29) is 12.1 Å². The molecule has 0 radical (unpaired) electrons. The van der Waals surface area contributed by atoms with E-state index < -0.39 is 6.10 Å². The average Bonchev–Trinajstić information content (AvgIpc) is 2.74. The summed E-state index contributed by atoms with van der Waals surface area (Å²) in [4.78, 5) is 18.3. The van der Waals surface area contributed by atoms with Gasteiger partial charge in [-0.1, -0.05) is 0 Å². The maximum absolute atomic E-state index is 12.3. The van der Waals surface area contributed by atoms with Crippen LogP contribution in [0.4, 0.5) is 10.5 Å². The predicted octanol–water partition coefficient (Wildman–Crippen LogP) is 3.23. The van der Waals surface area contributed by atoms with Crippen molar-refractivity contribution >= 4 is 33.3 Å². The summed E-state index contributed by atoms with van der Waals surface area (Å²) in [6.45, 7) is 7.81. The third kappa shape index (κ3) is 3.92. The van der Waals surface area contributed by atoms with Gasteiger partial charge in [0, 0.05) is 18.3 Å². The van der Waals surface area contributed by atoms with Gasteiger partial charge in [0.2, 0.25) is 0 Å². The van der Waals surface area contributed by atoms with Crippen LogP contribution in [0.5, 0.6) is 0 Å². The number of rotatable bonds is 4. The molecule has 1 atom stereocenters. The van der Waals surface area contributed by atoms with Gasteiger partial charge < -0.3 is 15.3 Å². The first kappa shape index (κ1) is 15.7. The van der Waals surface area contributed by atoms with Crippen LogP contribution in [0.25, 0.3) is 10.2 Å². The van der Waals surface area contributed by atoms with E-state index in [1.54, 1.807) is 23.2 Å². The van der Waals surface area contributed by atoms with Crippen molar-refractivity contribution in [2.24, 2.45) is 0 Å². The number of anilines is 1. The standard InChI is InChI=1S/C15H21N3O2S/c1-9(2)18(8-10(3)19)15(20)17-12-5-6-13-14(7-12)21-11(4)16-13/h5-7,9-10,19H,8H2,1-4H3,(H,17,20). The first-order valence-electron chi connectivity index (χ1n) is 6.99. The molecule has 0 spiro atoms. The first-order chi connectivity index (χ1) is 9.86. The number of aromatic nitrogens is 1. The molecule has 0 saturated carbocycles. The van der Waals surface area contributed by atoms with Crippen LogP contribution in [-0.2, 0) is 0 Å². The molecule has 1 unspecified atom stereocenters. The topological polar surface area (TPSA) is 65.5 Å². The number of nitrogens with one attached hydrogen (secondary N) is 1. The molecule has 2 aromatic rings. The van der Waals surface area contributed by atoms with Gasteiger partial charge in [0.05, 0.1) is 21.3 Å². The summed E-state index contributed by atoms with van der Waals surface area (Å²) in [6.07, 6.45) is -0.551. The van der Waals surface area contributed by atoms with E-state index in [1.165, 1.54) is 0 Å². The maximum atomic E-state index is 12.3. The molecule has 2 amide bonds. The lowest BCUT2D eigenvalue weighted by Gasteiger charge is -2.28. The SMILES string of the molecule is Cc1nc2ccc(NC(=O)N(CC(C)O)C(C)C)cc2s1. The van der Waals surface area contributed by atoms with Gasteiger partial charge in [-0.15, -0.1) is 11.3 Å². The molecule has 0 aliphatic rings. The molecule has 114 valence electrons. The van der Waals surface area contributed by atoms with Gasteiger partial charge >= 0.3 is 6.03 Å². The lowest BCUT2D eigenvalue weighted by molar-refractivity contribution is 0.125. The maximum Gasteiger partial charge on any atom is 0.322 e. The normalized spacial score (nSPS) is 12.7. The number of hydrogen-bond acceptors (Lipinski definition) is 4. The van der Waals surface area contributed by atoms with Crippen molar-refractivity contribution in [2.75, 3.05) is 11.9 Å². The lowest BCUT2D eigenvalue weighted by Crippen LogP contribution is -2.43. The van der Waals surface area contributed by atoms with Crippen LogP contribution >= 0.6 is 11.3 Å². The van der Waals surface area contributed by atoms with E-state index in [1.807, 2.05) is 39.0 Å². The number of benzene rings is 1. The highest BCUT2D eigenvalue weighted by atomic mass is 32.1. The van der Waals surface area contributed by atoms with Crippen molar-refractivity contribution in [3.63, 3.8) is 0 Å². The summed E-state index contributed by atoms with van der Waals surface area (Å²) in [7, 11) is 0. The smallest absolute Gasteiger partial charge is 0.322 e. The second-order valence-corrected chi connectivity index (χ2v) is 6.68. The fourth-order valence-electron chi connectivity index (χ4n) is 2.13. The molecule has 0 bridgehead atoms. The van der Waals surface area contributed by atoms with Gasteiger partial charge in [-0.25, -0.2) is 9.78 Å². The Bertz CT molecular complexity index is 637. The van der Waals surface area contributed by atoms with Crippen molar-refractivity contribution in [3.8, 4) is 0 Å². The predicted molar refractivity (Wildman–Crippen MR) is 86.9 cm³/mol. The number of aliphatic hydroxyl groups is 1. The van der Waals surface area contributed by atoms with Gasteiger partial charge in [0.25, 0.3) is 0 Å². The zero-order valence-electron chi connectivity index (χ0n) is 12.8. The number of hydrogen-bond donors (Lipinski definition) is 2. The van der Waals surface area contributed by atoms with Crippen LogP contribution in [0.2, 0.25) is 0 Å². The molecule has 1 heterocycles. The van der Waals surface area contributed by atoms with E-state index in [9.17, 15) is 9.90 Å². The van der Waals surface area contributed by atoms with Gasteiger partial charge in [-0.3, -0.25) is 0 Å². The number of urea groups is 1. The van der Waals surface area contributed by atoms with Crippen LogP contribution < -0.4 is 5.32 Å². The van der Waals surface area contributed by atoms with Gasteiger partial charge in [-0.2, -0.15) is 0 Å². The van der Waals surface area contributed by atoms with E-state index in [4.69, 9.17) is 0 Å². The summed E-state index contributed by atoms with van der Waals surface area (Å²) < 4.78 is 1.05. The molecule has 5 nitrogen and oxygen atoms in total. The third-order valence-electron chi connectivity index (χ3n) is 3.09. The van der Waals surface area contributed by atoms with Crippen molar-refractivity contribution in [1.82, 2.24) is 9.88 Å². The zero-order valence-corrected chi connectivity index (χ0v) is 13.6. The van der Waals surface area contributed by atoms with Crippen LogP contribution in [0.15, 0.2) is 18.2 Å². The summed E-state index contributed by atoms with van der Waals surface area (Å²) in [6, 6.07) is 5.50. The second-order valence-electron chi connectivity index (χ2n) is 5.44. The van der Waals surface area contributed by atoms with E-state index in [0.717, 1.165) is 20.9 Å². The number of thiazole rings is 1. The molecule has 0 aliphatic heterocycles. The minimum Gasteiger partial charge on any atom is -0.392 e. The highest BCUT2D eigenvalue weighted by Crippen LogP contribution is 2.25. The molecular weight excluding hydrogens is 286 g/mol. The Morgan fingerprint density at radius 1 is 1.43 bits per heavy atom. The number of aryl methyl sites for hydroxylation is 1. The first-order valence-corrected chi connectivity index (χ1v) is 7.81. The van der Waals surface area contributed by atoms with Crippen molar-refractivity contribution in [2.45, 2.75) is 39.8 Å². The molecule has 0 fully saturated rings. The molecular formula is C15H21N3O2S. The fraction of sp³-hybridized carbons (Fsp3) is 0.467. The zero-order chi connectivity index (χ0) is 15.6. The van der Waals surface area contributed by atoms with Crippen LogP contribution in [0.1, 0.15) is 25.8 Å². The Balaban J connectivity index is 2.15. The number of carbonyl (C=O) groups excluding carboxylic acids is 1. The largest absolute Gasteiger partial charge is 0.392 e. The second kappa shape index (κ2) is 6.41. The molecule has 1 aromatic carbocycles. The Kier molecular flexibility index (Phi) is 4.80. The lowest BCUT2D eigenvalue weighted by atomic mass is 10.2. The minimum atomic E-state index is -0.551. The molecule has 6 heteroatoms. The van der Waals surface area contributed by atoms with Crippen molar-refractivity contribution in [1.29, 1.82) is 0 Å². The Hall–Kier alpha value is -1.66. The van der Waals surface area contributed by atoms with E-state index in [0.29, 0.717) is 6.54 Å². The number of aliphatic hydroxyl groups excluding tert-OH is 1. The molecule has 0 aliphatic carbocycles. The molecule has 2 rings (SSSR count). The summed E-state index contributed by atoms with van der Waals surface area (Å²) in [5.41, 5.74) is 1.69. The van der Waals surface area contributed by atoms with E-state index in [2.05, 4.69) is 10.3 Å². The molecule has 21 heavy (non-hydrogen) atoms. The highest BCUT2D eigenvalue weighted by Gasteiger charge is 2.18. The fourth-order valence-corrected chi connectivity index (χ4v) is 2.99. The molecule has 1 aromatic heterocycles. The summed E-state index contributed by atoms with van der Waals surface area (Å²) in [5.74, 6) is 0. The summed E-state index contributed by atoms with van der Waals surface area (Å²) in [5, 5.41) is 13.4. The third-order valence-corrected chi connectivity index (χ3v) is 4.03. The minimum absolute atomic E-state index is 0.0222. The Labute approximate surface area is 128 Å².